The lowest BCUT2D eigenvalue weighted by atomic mass is 9.98. The van der Waals surface area contributed by atoms with E-state index in [1.54, 1.807) is 6.07 Å². The highest BCUT2D eigenvalue weighted by Crippen LogP contribution is 2.46. The lowest BCUT2D eigenvalue weighted by Crippen LogP contribution is -2.53. The minimum Gasteiger partial charge on any atom is -0.497 e. The molecule has 2 aromatic rings. The van der Waals surface area contributed by atoms with Crippen LogP contribution in [-0.4, -0.2) is 55.0 Å². The molecule has 142 valence electrons. The summed E-state index contributed by atoms with van der Waals surface area (Å²) < 4.78 is 10.6. The Labute approximate surface area is 157 Å². The van der Waals surface area contributed by atoms with Crippen LogP contribution in [0, 0.1) is 0 Å². The molecule has 0 saturated heterocycles. The molecular formula is C20H22N2O5. The van der Waals surface area contributed by atoms with Crippen LogP contribution in [-0.2, 0) is 17.1 Å². The number of hydrogen-bond acceptors (Lipinski definition) is 5. The Morgan fingerprint density at radius 3 is 2.37 bits per heavy atom. The first-order valence-corrected chi connectivity index (χ1v) is 8.41. The van der Waals surface area contributed by atoms with Crippen LogP contribution >= 0.6 is 0 Å². The van der Waals surface area contributed by atoms with E-state index in [2.05, 4.69) is 0 Å². The van der Waals surface area contributed by atoms with Crippen molar-refractivity contribution in [2.75, 3.05) is 28.3 Å². The molecule has 1 heterocycles. The minimum atomic E-state index is -2.18. The van der Waals surface area contributed by atoms with Crippen LogP contribution in [0.25, 0.3) is 0 Å². The first-order chi connectivity index (χ1) is 12.8. The molecular weight excluding hydrogens is 348 g/mol. The van der Waals surface area contributed by atoms with Gasteiger partial charge in [0.2, 0.25) is 0 Å². The summed E-state index contributed by atoms with van der Waals surface area (Å²) in [4.78, 5) is 28.6. The van der Waals surface area contributed by atoms with Crippen molar-refractivity contribution < 1.29 is 24.2 Å². The number of amides is 2. The van der Waals surface area contributed by atoms with Gasteiger partial charge in [-0.1, -0.05) is 30.3 Å². The molecule has 0 spiro atoms. The van der Waals surface area contributed by atoms with E-state index in [-0.39, 0.29) is 23.4 Å². The standard InChI is InChI=1S/C20H22N2O5/c1-21(2)19(24)20(25)17-15(10-14(26-3)11-16(17)27-4)18(23)22(20)12-13-8-6-5-7-9-13/h5-11,25H,12H2,1-4H3/t20-/m0/s1. The number of ether oxygens (including phenoxy) is 2. The molecule has 7 heteroatoms. The number of fused-ring (bicyclic) bond motifs is 1. The SMILES string of the molecule is COc1cc(OC)c2c(c1)C(=O)N(Cc1ccccc1)[C@@]2(O)C(=O)N(C)C. The van der Waals surface area contributed by atoms with Crippen molar-refractivity contribution in [3.63, 3.8) is 0 Å². The van der Waals surface area contributed by atoms with Crippen LogP contribution in [0.5, 0.6) is 11.5 Å². The molecule has 7 nitrogen and oxygen atoms in total. The van der Waals surface area contributed by atoms with Crippen LogP contribution < -0.4 is 9.47 Å². The van der Waals surface area contributed by atoms with Gasteiger partial charge in [-0.3, -0.25) is 14.5 Å². The van der Waals surface area contributed by atoms with Gasteiger partial charge in [-0.25, -0.2) is 0 Å². The monoisotopic (exact) mass is 370 g/mol. The number of aliphatic hydroxyl groups is 1. The van der Waals surface area contributed by atoms with Gasteiger partial charge < -0.3 is 19.5 Å². The topological polar surface area (TPSA) is 79.3 Å². The van der Waals surface area contributed by atoms with Gasteiger partial charge >= 0.3 is 0 Å². The third-order valence-corrected chi connectivity index (χ3v) is 4.63. The van der Waals surface area contributed by atoms with Gasteiger partial charge in [0.15, 0.2) is 0 Å². The predicted octanol–water partition coefficient (Wildman–Crippen LogP) is 1.59. The number of rotatable bonds is 5. The molecule has 0 aliphatic carbocycles. The number of benzene rings is 2. The van der Waals surface area contributed by atoms with Gasteiger partial charge in [-0.2, -0.15) is 0 Å². The zero-order chi connectivity index (χ0) is 19.8. The van der Waals surface area contributed by atoms with E-state index in [1.807, 2.05) is 30.3 Å². The van der Waals surface area contributed by atoms with E-state index >= 15 is 0 Å². The summed E-state index contributed by atoms with van der Waals surface area (Å²) in [6.45, 7) is 0.0654. The fourth-order valence-electron chi connectivity index (χ4n) is 3.31. The smallest absolute Gasteiger partial charge is 0.280 e. The first kappa shape index (κ1) is 18.7. The normalized spacial score (nSPS) is 18.3. The second kappa shape index (κ2) is 6.92. The summed E-state index contributed by atoms with van der Waals surface area (Å²) in [6.07, 6.45) is 0. The van der Waals surface area contributed by atoms with E-state index < -0.39 is 17.5 Å². The Morgan fingerprint density at radius 2 is 1.81 bits per heavy atom. The van der Waals surface area contributed by atoms with Gasteiger partial charge in [0.05, 0.1) is 25.3 Å². The highest BCUT2D eigenvalue weighted by Gasteiger charge is 2.56. The fraction of sp³-hybridized carbons (Fsp3) is 0.300. The van der Waals surface area contributed by atoms with E-state index in [0.29, 0.717) is 5.75 Å². The van der Waals surface area contributed by atoms with Crippen molar-refractivity contribution in [2.24, 2.45) is 0 Å². The molecule has 1 aliphatic rings. The molecule has 2 amide bonds. The average Bonchev–Trinajstić information content (AvgIpc) is 2.90. The zero-order valence-electron chi connectivity index (χ0n) is 15.7. The fourth-order valence-corrected chi connectivity index (χ4v) is 3.31. The van der Waals surface area contributed by atoms with E-state index in [9.17, 15) is 14.7 Å². The van der Waals surface area contributed by atoms with Crippen LogP contribution in [0.15, 0.2) is 42.5 Å². The second-order valence-electron chi connectivity index (χ2n) is 6.50. The first-order valence-electron chi connectivity index (χ1n) is 8.41. The summed E-state index contributed by atoms with van der Waals surface area (Å²) in [5.41, 5.74) is -1.08. The van der Waals surface area contributed by atoms with Crippen LogP contribution in [0.4, 0.5) is 0 Å². The third-order valence-electron chi connectivity index (χ3n) is 4.63. The molecule has 0 saturated carbocycles. The quantitative estimate of drug-likeness (QED) is 0.865. The van der Waals surface area contributed by atoms with Crippen molar-refractivity contribution in [2.45, 2.75) is 12.3 Å². The number of carbonyl (C=O) groups is 2. The van der Waals surface area contributed by atoms with Gasteiger partial charge in [0.25, 0.3) is 17.5 Å². The van der Waals surface area contributed by atoms with Crippen LogP contribution in [0.1, 0.15) is 21.5 Å². The zero-order valence-corrected chi connectivity index (χ0v) is 15.7. The molecule has 1 aliphatic heterocycles. The Kier molecular flexibility index (Phi) is 4.80. The number of methoxy groups -OCH3 is 2. The van der Waals surface area contributed by atoms with Gasteiger partial charge in [-0.15, -0.1) is 0 Å². The molecule has 1 atom stereocenters. The highest BCUT2D eigenvalue weighted by molar-refractivity contribution is 6.07. The number of carbonyl (C=O) groups excluding carboxylic acids is 2. The number of hydrogen-bond donors (Lipinski definition) is 1. The molecule has 27 heavy (non-hydrogen) atoms. The van der Waals surface area contributed by atoms with Crippen LogP contribution in [0.3, 0.4) is 0 Å². The van der Waals surface area contributed by atoms with Crippen LogP contribution in [0.2, 0.25) is 0 Å². The molecule has 0 unspecified atom stereocenters. The van der Waals surface area contributed by atoms with Gasteiger partial charge in [-0.05, 0) is 11.6 Å². The molecule has 0 fully saturated rings. The summed E-state index contributed by atoms with van der Waals surface area (Å²) in [5.74, 6) is -0.483. The minimum absolute atomic E-state index is 0.0654. The molecule has 3 rings (SSSR count). The molecule has 0 aromatic heterocycles. The largest absolute Gasteiger partial charge is 0.497 e. The average molecular weight is 370 g/mol. The Morgan fingerprint density at radius 1 is 1.15 bits per heavy atom. The Bertz CT molecular complexity index is 881. The summed E-state index contributed by atoms with van der Waals surface area (Å²) in [5, 5.41) is 11.5. The van der Waals surface area contributed by atoms with Crippen molar-refractivity contribution in [1.29, 1.82) is 0 Å². The summed E-state index contributed by atoms with van der Waals surface area (Å²) >= 11 is 0. The third kappa shape index (κ3) is 2.90. The maximum atomic E-state index is 13.2. The predicted molar refractivity (Wildman–Crippen MR) is 98.5 cm³/mol. The highest BCUT2D eigenvalue weighted by atomic mass is 16.5. The molecule has 0 radical (unpaired) electrons. The van der Waals surface area contributed by atoms with Crippen molar-refractivity contribution in [3.8, 4) is 11.5 Å². The lowest BCUT2D eigenvalue weighted by Gasteiger charge is -2.35. The van der Waals surface area contributed by atoms with Crippen molar-refractivity contribution in [1.82, 2.24) is 9.80 Å². The van der Waals surface area contributed by atoms with Gasteiger partial charge in [0, 0.05) is 26.7 Å². The number of nitrogens with zero attached hydrogens (tertiary/aromatic N) is 2. The second-order valence-corrected chi connectivity index (χ2v) is 6.50. The lowest BCUT2D eigenvalue weighted by molar-refractivity contribution is -0.168. The maximum Gasteiger partial charge on any atom is 0.280 e. The van der Waals surface area contributed by atoms with Crippen molar-refractivity contribution >= 4 is 11.8 Å². The van der Waals surface area contributed by atoms with Gasteiger partial charge in [0.1, 0.15) is 11.5 Å². The maximum absolute atomic E-state index is 13.2. The molecule has 1 N–H and O–H groups in total. The van der Waals surface area contributed by atoms with E-state index in [1.165, 1.54) is 39.3 Å². The Hall–Kier alpha value is -3.06. The summed E-state index contributed by atoms with van der Waals surface area (Å²) in [7, 11) is 5.94. The van der Waals surface area contributed by atoms with E-state index in [4.69, 9.17) is 9.47 Å². The van der Waals surface area contributed by atoms with E-state index in [0.717, 1.165) is 10.5 Å². The van der Waals surface area contributed by atoms with Crippen molar-refractivity contribution in [3.05, 3.63) is 59.2 Å². The Balaban J connectivity index is 2.22. The number of likely N-dealkylation sites (N-methyl/N-ethyl adjacent to an activating group) is 1. The summed E-state index contributed by atoms with van der Waals surface area (Å²) in [6, 6.07) is 12.2. The molecule has 2 aromatic carbocycles. The molecule has 0 bridgehead atoms.